The number of esters is 1. The summed E-state index contributed by atoms with van der Waals surface area (Å²) >= 11 is 0. The fourth-order valence-electron chi connectivity index (χ4n) is 6.08. The smallest absolute Gasteiger partial charge is 0.333 e. The van der Waals surface area contributed by atoms with Crippen molar-refractivity contribution in [1.29, 1.82) is 0 Å². The Balaban J connectivity index is 2.36. The molecule has 4 N–H and O–H groups in total. The van der Waals surface area contributed by atoms with E-state index in [-0.39, 0.29) is 37.1 Å². The molecule has 176 valence electrons. The number of carbonyl (C=O) groups excluding carboxylic acids is 1. The third-order valence-corrected chi connectivity index (χ3v) is 7.95. The van der Waals surface area contributed by atoms with Gasteiger partial charge in [-0.3, -0.25) is 0 Å². The van der Waals surface area contributed by atoms with Crippen molar-refractivity contribution in [1.82, 2.24) is 0 Å². The van der Waals surface area contributed by atoms with Gasteiger partial charge in [0.2, 0.25) is 0 Å². The number of rotatable bonds is 8. The molecule has 6 atom stereocenters. The Kier molecular flexibility index (Phi) is 8.68. The van der Waals surface area contributed by atoms with Crippen molar-refractivity contribution in [2.24, 2.45) is 22.7 Å². The number of aliphatic hydroxyl groups excluding tert-OH is 4. The van der Waals surface area contributed by atoms with Crippen molar-refractivity contribution in [3.8, 4) is 0 Å². The van der Waals surface area contributed by atoms with Crippen LogP contribution in [0.4, 0.5) is 0 Å². The molecular formula is C25H40O6. The van der Waals surface area contributed by atoms with Crippen LogP contribution in [0.1, 0.15) is 59.8 Å². The zero-order valence-corrected chi connectivity index (χ0v) is 19.4. The molecule has 0 aromatic rings. The van der Waals surface area contributed by atoms with Crippen LogP contribution in [0.5, 0.6) is 0 Å². The molecule has 0 radical (unpaired) electrons. The van der Waals surface area contributed by atoms with Gasteiger partial charge in [0, 0.05) is 11.0 Å². The van der Waals surface area contributed by atoms with Crippen LogP contribution in [-0.2, 0) is 9.53 Å². The largest absolute Gasteiger partial charge is 0.456 e. The molecule has 0 amide bonds. The average Bonchev–Trinajstić information content (AvgIpc) is 2.74. The highest BCUT2D eigenvalue weighted by atomic mass is 16.6. The molecular weight excluding hydrogens is 396 g/mol. The van der Waals surface area contributed by atoms with Crippen molar-refractivity contribution in [3.63, 3.8) is 0 Å². The molecule has 2 rings (SSSR count). The summed E-state index contributed by atoms with van der Waals surface area (Å²) in [7, 11) is 0. The molecule has 31 heavy (non-hydrogen) atoms. The molecule has 0 aromatic carbocycles. The Morgan fingerprint density at radius 2 is 1.97 bits per heavy atom. The Labute approximate surface area is 186 Å². The van der Waals surface area contributed by atoms with Gasteiger partial charge in [-0.25, -0.2) is 4.79 Å². The summed E-state index contributed by atoms with van der Waals surface area (Å²) in [5, 5.41) is 40.3. The molecule has 0 heterocycles. The third kappa shape index (κ3) is 4.98. The minimum Gasteiger partial charge on any atom is -0.456 e. The van der Waals surface area contributed by atoms with Crippen LogP contribution in [0.3, 0.4) is 0 Å². The van der Waals surface area contributed by atoms with E-state index in [1.54, 1.807) is 26.0 Å². The zero-order chi connectivity index (χ0) is 23.4. The molecule has 2 saturated carbocycles. The third-order valence-electron chi connectivity index (χ3n) is 7.95. The van der Waals surface area contributed by atoms with E-state index in [4.69, 9.17) is 4.74 Å². The minimum atomic E-state index is -0.897. The first-order valence-electron chi connectivity index (χ1n) is 11.3. The molecule has 2 aliphatic rings. The van der Waals surface area contributed by atoms with E-state index in [2.05, 4.69) is 13.5 Å². The molecule has 0 saturated heterocycles. The highest BCUT2D eigenvalue weighted by Crippen LogP contribution is 2.62. The van der Waals surface area contributed by atoms with Gasteiger partial charge in [-0.15, -0.1) is 0 Å². The maximum absolute atomic E-state index is 12.5. The Morgan fingerprint density at radius 3 is 2.52 bits per heavy atom. The van der Waals surface area contributed by atoms with Crippen LogP contribution < -0.4 is 0 Å². The molecule has 6 heteroatoms. The average molecular weight is 437 g/mol. The summed E-state index contributed by atoms with van der Waals surface area (Å²) in [4.78, 5) is 12.5. The summed E-state index contributed by atoms with van der Waals surface area (Å²) < 4.78 is 5.76. The number of fused-ring (bicyclic) bond motifs is 1. The van der Waals surface area contributed by atoms with Gasteiger partial charge in [-0.1, -0.05) is 38.2 Å². The Morgan fingerprint density at radius 1 is 1.29 bits per heavy atom. The highest BCUT2D eigenvalue weighted by Gasteiger charge is 2.61. The summed E-state index contributed by atoms with van der Waals surface area (Å²) in [6, 6.07) is 0. The van der Waals surface area contributed by atoms with Crippen LogP contribution >= 0.6 is 0 Å². The lowest BCUT2D eigenvalue weighted by molar-refractivity contribution is -0.216. The highest BCUT2D eigenvalue weighted by molar-refractivity contribution is 5.87. The van der Waals surface area contributed by atoms with E-state index in [0.717, 1.165) is 30.4 Å². The number of allylic oxidation sites excluding steroid dienone is 2. The van der Waals surface area contributed by atoms with Gasteiger partial charge in [0.05, 0.1) is 25.9 Å². The van der Waals surface area contributed by atoms with E-state index in [9.17, 15) is 25.2 Å². The molecule has 2 aliphatic carbocycles. The first-order valence-corrected chi connectivity index (χ1v) is 11.3. The second-order valence-electron chi connectivity index (χ2n) is 9.78. The van der Waals surface area contributed by atoms with E-state index in [1.165, 1.54) is 0 Å². The molecule has 6 nitrogen and oxygen atoms in total. The monoisotopic (exact) mass is 436 g/mol. The van der Waals surface area contributed by atoms with Gasteiger partial charge in [-0.2, -0.15) is 0 Å². The van der Waals surface area contributed by atoms with Crippen molar-refractivity contribution >= 4 is 5.97 Å². The molecule has 0 spiro atoms. The van der Waals surface area contributed by atoms with Crippen molar-refractivity contribution in [3.05, 3.63) is 35.5 Å². The Hall–Kier alpha value is -1.47. The van der Waals surface area contributed by atoms with Crippen LogP contribution in [0.15, 0.2) is 35.5 Å². The predicted octanol–water partition coefficient (Wildman–Crippen LogP) is 2.91. The number of aliphatic hydroxyl groups is 4. The minimum absolute atomic E-state index is 0.0343. The lowest BCUT2D eigenvalue weighted by Gasteiger charge is -2.61. The maximum Gasteiger partial charge on any atom is 0.333 e. The van der Waals surface area contributed by atoms with Gasteiger partial charge in [0.25, 0.3) is 0 Å². The van der Waals surface area contributed by atoms with Gasteiger partial charge >= 0.3 is 5.97 Å². The van der Waals surface area contributed by atoms with Crippen molar-refractivity contribution in [2.45, 2.75) is 72.0 Å². The van der Waals surface area contributed by atoms with E-state index in [0.29, 0.717) is 18.4 Å². The Bertz CT molecular complexity index is 726. The summed E-state index contributed by atoms with van der Waals surface area (Å²) in [5.41, 5.74) is 1.27. The topological polar surface area (TPSA) is 107 Å². The first-order chi connectivity index (χ1) is 14.6. The van der Waals surface area contributed by atoms with Gasteiger partial charge in [-0.05, 0) is 68.8 Å². The molecule has 0 aromatic heterocycles. The van der Waals surface area contributed by atoms with E-state index < -0.39 is 23.6 Å². The van der Waals surface area contributed by atoms with Crippen LogP contribution in [0, 0.1) is 22.7 Å². The number of hydrogen-bond donors (Lipinski definition) is 4. The zero-order valence-electron chi connectivity index (χ0n) is 19.4. The fourth-order valence-corrected chi connectivity index (χ4v) is 6.08. The quantitative estimate of drug-likeness (QED) is 0.265. The summed E-state index contributed by atoms with van der Waals surface area (Å²) in [5.74, 6) is -0.338. The molecule has 2 fully saturated rings. The predicted molar refractivity (Wildman–Crippen MR) is 120 cm³/mol. The maximum atomic E-state index is 12.5. The lowest BCUT2D eigenvalue weighted by Crippen LogP contribution is -2.63. The second-order valence-corrected chi connectivity index (χ2v) is 9.78. The normalized spacial score (nSPS) is 36.8. The number of carbonyl (C=O) groups is 1. The van der Waals surface area contributed by atoms with Gasteiger partial charge in [0.1, 0.15) is 6.10 Å². The molecule has 0 bridgehead atoms. The van der Waals surface area contributed by atoms with Gasteiger partial charge < -0.3 is 25.2 Å². The fraction of sp³-hybridized carbons (Fsp3) is 0.720. The SMILES string of the molecule is C=C1CCC2C(C)(CC(O)C(OC(=O)C(C)=CC)C2(C)CO)C1CCC(=CCO)CO. The molecule has 6 unspecified atom stereocenters. The van der Waals surface area contributed by atoms with Crippen LogP contribution in [0.25, 0.3) is 0 Å². The number of ether oxygens (including phenoxy) is 1. The summed E-state index contributed by atoms with van der Waals surface area (Å²) in [6.07, 6.45) is 5.08. The lowest BCUT2D eigenvalue weighted by atomic mass is 9.45. The van der Waals surface area contributed by atoms with Crippen LogP contribution in [-0.4, -0.2) is 58.4 Å². The standard InChI is InChI=1S/C25H40O6/c1-6-16(2)23(30)31-22-20(29)13-24(4)19(9-8-18(14-27)11-12-26)17(3)7-10-21(24)25(22,5)15-28/h6,11,19-22,26-29H,3,7-10,12-15H2,1-2,4-5H3. The van der Waals surface area contributed by atoms with E-state index >= 15 is 0 Å². The summed E-state index contributed by atoms with van der Waals surface area (Å²) in [6.45, 7) is 11.4. The first kappa shape index (κ1) is 25.8. The van der Waals surface area contributed by atoms with Gasteiger partial charge in [0.15, 0.2) is 0 Å². The van der Waals surface area contributed by atoms with Crippen molar-refractivity contribution in [2.75, 3.05) is 19.8 Å². The van der Waals surface area contributed by atoms with Crippen LogP contribution in [0.2, 0.25) is 0 Å². The second kappa shape index (κ2) is 10.4. The van der Waals surface area contributed by atoms with Crippen molar-refractivity contribution < 1.29 is 30.0 Å². The number of hydrogen-bond acceptors (Lipinski definition) is 6. The van der Waals surface area contributed by atoms with E-state index in [1.807, 2.05) is 6.92 Å². The molecule has 0 aliphatic heterocycles.